The van der Waals surface area contributed by atoms with Gasteiger partial charge in [0, 0.05) is 11.3 Å². The van der Waals surface area contributed by atoms with E-state index in [4.69, 9.17) is 5.73 Å². The fourth-order valence-electron chi connectivity index (χ4n) is 1.02. The Morgan fingerprint density at radius 1 is 1.46 bits per heavy atom. The average molecular weight is 199 g/mol. The summed E-state index contributed by atoms with van der Waals surface area (Å²) in [7, 11) is 0. The van der Waals surface area contributed by atoms with Crippen LogP contribution < -0.4 is 10.5 Å². The van der Waals surface area contributed by atoms with Crippen LogP contribution in [0.3, 0.4) is 0 Å². The van der Waals surface area contributed by atoms with Crippen molar-refractivity contribution in [2.24, 2.45) is 5.73 Å². The van der Waals surface area contributed by atoms with Crippen LogP contribution in [0.5, 0.6) is 0 Å². The molecular formula is C8H11N2O2S-. The van der Waals surface area contributed by atoms with Crippen LogP contribution in [0.15, 0.2) is 30.3 Å². The van der Waals surface area contributed by atoms with E-state index < -0.39 is 16.9 Å². The molecule has 2 unspecified atom stereocenters. The fourth-order valence-corrected chi connectivity index (χ4v) is 1.48. The van der Waals surface area contributed by atoms with Crippen LogP contribution in [0.25, 0.3) is 0 Å². The molecular weight excluding hydrogens is 188 g/mol. The van der Waals surface area contributed by atoms with Crippen LogP contribution in [0.2, 0.25) is 0 Å². The molecule has 0 fully saturated rings. The molecule has 72 valence electrons. The van der Waals surface area contributed by atoms with Crippen LogP contribution in [0.1, 0.15) is 12.5 Å². The highest BCUT2D eigenvalue weighted by Crippen LogP contribution is 2.13. The molecule has 1 rings (SSSR count). The third-order valence-electron chi connectivity index (χ3n) is 1.67. The van der Waals surface area contributed by atoms with Crippen molar-refractivity contribution in [3.63, 3.8) is 0 Å². The lowest BCUT2D eigenvalue weighted by molar-refractivity contribution is 0.430. The highest BCUT2D eigenvalue weighted by atomic mass is 32.2. The summed E-state index contributed by atoms with van der Waals surface area (Å²) in [6.45, 7) is 1.60. The minimum atomic E-state index is -2.36. The van der Waals surface area contributed by atoms with Crippen molar-refractivity contribution in [1.82, 2.24) is 4.72 Å². The van der Waals surface area contributed by atoms with Gasteiger partial charge in [0.05, 0.1) is 5.66 Å². The lowest BCUT2D eigenvalue weighted by Gasteiger charge is -2.27. The Morgan fingerprint density at radius 3 is 2.46 bits per heavy atom. The normalized spacial score (nSPS) is 17.8. The standard InChI is InChI=1S/C8H12N2O2S/c1-8(9,10-13(11)12)7-5-3-2-4-6-7/h2-6,10H,9H2,1H3,(H,11,12)/p-1. The third kappa shape index (κ3) is 2.89. The second-order valence-electron chi connectivity index (χ2n) is 2.91. The fraction of sp³-hybridized carbons (Fsp3) is 0.250. The molecule has 0 heterocycles. The molecule has 1 aromatic rings. The van der Waals surface area contributed by atoms with Gasteiger partial charge in [0.1, 0.15) is 0 Å². The van der Waals surface area contributed by atoms with Crippen molar-refractivity contribution in [2.45, 2.75) is 12.6 Å². The Hall–Kier alpha value is -0.750. The Labute approximate surface area is 79.6 Å². The molecule has 0 amide bonds. The van der Waals surface area contributed by atoms with Gasteiger partial charge in [0.2, 0.25) is 0 Å². The molecule has 13 heavy (non-hydrogen) atoms. The van der Waals surface area contributed by atoms with Crippen LogP contribution in [0, 0.1) is 0 Å². The summed E-state index contributed by atoms with van der Waals surface area (Å²) in [6.07, 6.45) is 0. The van der Waals surface area contributed by atoms with Crippen molar-refractivity contribution >= 4 is 11.3 Å². The van der Waals surface area contributed by atoms with E-state index in [2.05, 4.69) is 4.72 Å². The third-order valence-corrected chi connectivity index (χ3v) is 2.26. The maximum atomic E-state index is 10.4. The molecule has 4 nitrogen and oxygen atoms in total. The first kappa shape index (κ1) is 10.3. The monoisotopic (exact) mass is 199 g/mol. The summed E-state index contributed by atoms with van der Waals surface area (Å²) in [5.41, 5.74) is 5.41. The number of rotatable bonds is 3. The Kier molecular flexibility index (Phi) is 3.16. The van der Waals surface area contributed by atoms with E-state index in [1.54, 1.807) is 31.2 Å². The molecule has 0 spiro atoms. The lowest BCUT2D eigenvalue weighted by Crippen LogP contribution is -2.48. The van der Waals surface area contributed by atoms with Crippen LogP contribution in [-0.2, 0) is 16.9 Å². The van der Waals surface area contributed by atoms with Gasteiger partial charge in [-0.15, -0.1) is 0 Å². The smallest absolute Gasteiger partial charge is 0.0997 e. The number of hydrogen-bond acceptors (Lipinski definition) is 3. The highest BCUT2D eigenvalue weighted by Gasteiger charge is 2.19. The average Bonchev–Trinajstić information content (AvgIpc) is 2.04. The molecule has 0 aliphatic heterocycles. The van der Waals surface area contributed by atoms with Crippen molar-refractivity contribution in [2.75, 3.05) is 0 Å². The topological polar surface area (TPSA) is 78.2 Å². The van der Waals surface area contributed by atoms with Gasteiger partial charge in [-0.1, -0.05) is 30.3 Å². The quantitative estimate of drug-likeness (QED) is 0.539. The summed E-state index contributed by atoms with van der Waals surface area (Å²) in [5, 5.41) is 0. The van der Waals surface area contributed by atoms with Crippen molar-refractivity contribution < 1.29 is 8.76 Å². The van der Waals surface area contributed by atoms with E-state index in [9.17, 15) is 8.76 Å². The molecule has 5 heteroatoms. The predicted octanol–water partition coefficient (Wildman–Crippen LogP) is 0.202. The molecule has 1 aromatic carbocycles. The Balaban J connectivity index is 2.87. The van der Waals surface area contributed by atoms with Crippen LogP contribution in [0.4, 0.5) is 0 Å². The van der Waals surface area contributed by atoms with E-state index in [0.717, 1.165) is 5.56 Å². The summed E-state index contributed by atoms with van der Waals surface area (Å²) in [5.74, 6) is 0. The number of hydrogen-bond donors (Lipinski definition) is 2. The van der Waals surface area contributed by atoms with Gasteiger partial charge in [-0.2, -0.15) is 0 Å². The minimum Gasteiger partial charge on any atom is -0.760 e. The molecule has 0 aromatic heterocycles. The molecule has 0 aliphatic rings. The summed E-state index contributed by atoms with van der Waals surface area (Å²) in [4.78, 5) is 0. The van der Waals surface area contributed by atoms with E-state index in [1.807, 2.05) is 6.07 Å². The molecule has 0 aliphatic carbocycles. The van der Waals surface area contributed by atoms with E-state index in [-0.39, 0.29) is 0 Å². The van der Waals surface area contributed by atoms with E-state index in [0.29, 0.717) is 0 Å². The molecule has 0 bridgehead atoms. The van der Waals surface area contributed by atoms with Gasteiger partial charge < -0.3 is 10.3 Å². The zero-order valence-corrected chi connectivity index (χ0v) is 8.01. The van der Waals surface area contributed by atoms with Gasteiger partial charge in [0.25, 0.3) is 0 Å². The van der Waals surface area contributed by atoms with Gasteiger partial charge in [-0.05, 0) is 12.5 Å². The number of nitrogens with two attached hydrogens (primary N) is 1. The number of benzene rings is 1. The van der Waals surface area contributed by atoms with E-state index in [1.165, 1.54) is 0 Å². The molecule has 0 saturated heterocycles. The van der Waals surface area contributed by atoms with Gasteiger partial charge in [-0.25, -0.2) is 4.72 Å². The number of nitrogens with one attached hydrogen (secondary N) is 1. The summed E-state index contributed by atoms with van der Waals surface area (Å²) in [6, 6.07) is 8.97. The molecule has 0 radical (unpaired) electrons. The second kappa shape index (κ2) is 3.97. The van der Waals surface area contributed by atoms with Crippen LogP contribution >= 0.6 is 0 Å². The second-order valence-corrected chi connectivity index (χ2v) is 3.58. The maximum Gasteiger partial charge on any atom is 0.0997 e. The zero-order chi connectivity index (χ0) is 9.90. The van der Waals surface area contributed by atoms with Gasteiger partial charge >= 0.3 is 0 Å². The summed E-state index contributed by atoms with van der Waals surface area (Å²) < 4.78 is 23.0. The SMILES string of the molecule is CC(N)(NS(=O)[O-])c1ccccc1. The van der Waals surface area contributed by atoms with Crippen molar-refractivity contribution in [1.29, 1.82) is 0 Å². The van der Waals surface area contributed by atoms with Crippen molar-refractivity contribution in [3.05, 3.63) is 35.9 Å². The van der Waals surface area contributed by atoms with E-state index >= 15 is 0 Å². The highest BCUT2D eigenvalue weighted by molar-refractivity contribution is 7.77. The zero-order valence-electron chi connectivity index (χ0n) is 7.19. The van der Waals surface area contributed by atoms with Crippen LogP contribution in [-0.4, -0.2) is 8.76 Å². The largest absolute Gasteiger partial charge is 0.760 e. The van der Waals surface area contributed by atoms with Crippen molar-refractivity contribution in [3.8, 4) is 0 Å². The molecule has 0 saturated carbocycles. The predicted molar refractivity (Wildman–Crippen MR) is 50.0 cm³/mol. The first-order valence-electron chi connectivity index (χ1n) is 3.74. The lowest BCUT2D eigenvalue weighted by atomic mass is 10.0. The van der Waals surface area contributed by atoms with Gasteiger partial charge in [-0.3, -0.25) is 4.21 Å². The minimum absolute atomic E-state index is 0.721. The maximum absolute atomic E-state index is 10.4. The Bertz CT molecular complexity index is 300. The van der Waals surface area contributed by atoms with Gasteiger partial charge in [0.15, 0.2) is 0 Å². The first-order chi connectivity index (χ1) is 6.02. The first-order valence-corrected chi connectivity index (χ1v) is 4.81. The Morgan fingerprint density at radius 2 is 2.00 bits per heavy atom. The molecule has 3 N–H and O–H groups in total. The summed E-state index contributed by atoms with van der Waals surface area (Å²) >= 11 is -2.36. The molecule has 2 atom stereocenters.